The molecule has 0 rings (SSSR count). The predicted molar refractivity (Wildman–Crippen MR) is 391 cm³/mol. The molecule has 0 aliphatic carbocycles. The van der Waals surface area contributed by atoms with Crippen LogP contribution in [-0.2, 0) is 65.4 Å². The SMILES string of the molecule is CCCCCCCCCCCCCCCCCCCCCCCC(=O)O[C@H](COC(=O)CCCCCCCCCCCCCCC)COP(=O)(O)OC[C@@H](O)COP(=O)(O)OC[C@@H](COC(=O)CCCCCCCCCCCC)OC(=O)CCCCCCCCCCC(C)CC. The number of aliphatic hydroxyl groups is 1. The number of ether oxygens (including phenoxy) is 4. The second-order valence-electron chi connectivity index (χ2n) is 28.0. The standard InChI is InChI=1S/C77H150O17P2/c1-6-10-13-16-19-22-25-27-28-29-30-31-32-33-34-36-38-41-47-52-57-62-76(81)93-72(66-88-75(80)61-56-51-46-40-37-35-26-23-20-17-14-11-7-2)68-91-95(83,84)89-64-71(78)65-90-96(85,86)92-69-73(67-87-74(79)60-55-50-45-39-24-21-18-15-12-8-3)94-77(82)63-58-53-48-43-42-44-49-54-59-70(5)9-4/h70-73,78H,6-69H2,1-5H3,(H,83,84)(H,85,86)/t70?,71-,72-,73-/m1/s1. The Hall–Kier alpha value is -1.94. The molecular weight excluding hydrogens is 1260 g/mol. The number of carbonyl (C=O) groups excluding carboxylic acids is 4. The van der Waals surface area contributed by atoms with E-state index in [9.17, 15) is 43.2 Å². The topological polar surface area (TPSA) is 237 Å². The summed E-state index contributed by atoms with van der Waals surface area (Å²) >= 11 is 0. The van der Waals surface area contributed by atoms with Crippen LogP contribution in [0, 0.1) is 5.92 Å². The fourth-order valence-electron chi connectivity index (χ4n) is 11.8. The Bertz CT molecular complexity index is 1840. The molecular formula is C77H150O17P2. The van der Waals surface area contributed by atoms with Gasteiger partial charge in [-0.25, -0.2) is 9.13 Å². The van der Waals surface area contributed by atoms with Gasteiger partial charge in [0.2, 0.25) is 0 Å². The Morgan fingerprint density at radius 1 is 0.292 bits per heavy atom. The molecule has 6 atom stereocenters. The Balaban J connectivity index is 5.20. The van der Waals surface area contributed by atoms with Crippen molar-refractivity contribution in [1.82, 2.24) is 0 Å². The van der Waals surface area contributed by atoms with Crippen molar-refractivity contribution in [3.05, 3.63) is 0 Å². The Labute approximate surface area is 588 Å². The normalized spacial score (nSPS) is 14.2. The van der Waals surface area contributed by atoms with E-state index in [1.807, 2.05) is 0 Å². The first-order chi connectivity index (χ1) is 46.6. The van der Waals surface area contributed by atoms with Crippen molar-refractivity contribution in [3.63, 3.8) is 0 Å². The number of aliphatic hydroxyl groups excluding tert-OH is 1. The summed E-state index contributed by atoms with van der Waals surface area (Å²) in [6.45, 7) is 7.28. The van der Waals surface area contributed by atoms with Gasteiger partial charge in [0.25, 0.3) is 0 Å². The van der Waals surface area contributed by atoms with Crippen LogP contribution >= 0.6 is 15.6 Å². The third-order valence-corrected chi connectivity index (χ3v) is 20.3. The average Bonchev–Trinajstić information content (AvgIpc) is 2.65. The Kier molecular flexibility index (Phi) is 68.7. The van der Waals surface area contributed by atoms with E-state index in [4.69, 9.17) is 37.0 Å². The molecule has 19 heteroatoms. The molecule has 0 aromatic carbocycles. The minimum atomic E-state index is -4.96. The minimum Gasteiger partial charge on any atom is -0.462 e. The summed E-state index contributed by atoms with van der Waals surface area (Å²) in [5.41, 5.74) is 0. The Morgan fingerprint density at radius 3 is 0.740 bits per heavy atom. The van der Waals surface area contributed by atoms with Crippen LogP contribution in [0.5, 0.6) is 0 Å². The molecule has 3 N–H and O–H groups in total. The summed E-state index contributed by atoms with van der Waals surface area (Å²) in [6.07, 6.45) is 59.6. The van der Waals surface area contributed by atoms with E-state index in [0.29, 0.717) is 25.7 Å². The van der Waals surface area contributed by atoms with E-state index in [2.05, 4.69) is 34.6 Å². The van der Waals surface area contributed by atoms with Gasteiger partial charge in [-0.05, 0) is 31.6 Å². The zero-order valence-electron chi connectivity index (χ0n) is 62.5. The smallest absolute Gasteiger partial charge is 0.462 e. The van der Waals surface area contributed by atoms with Gasteiger partial charge >= 0.3 is 39.5 Å². The van der Waals surface area contributed by atoms with Crippen LogP contribution in [0.25, 0.3) is 0 Å². The van der Waals surface area contributed by atoms with Crippen LogP contribution in [0.15, 0.2) is 0 Å². The summed E-state index contributed by atoms with van der Waals surface area (Å²) < 4.78 is 68.5. The minimum absolute atomic E-state index is 0.106. The quantitative estimate of drug-likeness (QED) is 0.0222. The Morgan fingerprint density at radius 2 is 0.500 bits per heavy atom. The maximum absolute atomic E-state index is 13.1. The number of phosphoric ester groups is 2. The van der Waals surface area contributed by atoms with Gasteiger partial charge in [-0.1, -0.05) is 356 Å². The van der Waals surface area contributed by atoms with Gasteiger partial charge in [0.15, 0.2) is 12.2 Å². The van der Waals surface area contributed by atoms with Crippen molar-refractivity contribution in [3.8, 4) is 0 Å². The van der Waals surface area contributed by atoms with E-state index < -0.39 is 97.5 Å². The second kappa shape index (κ2) is 70.1. The van der Waals surface area contributed by atoms with Crippen LogP contribution in [0.3, 0.4) is 0 Å². The van der Waals surface area contributed by atoms with E-state index in [1.165, 1.54) is 231 Å². The zero-order valence-corrected chi connectivity index (χ0v) is 64.3. The van der Waals surface area contributed by atoms with E-state index in [1.54, 1.807) is 0 Å². The number of carbonyl (C=O) groups is 4. The van der Waals surface area contributed by atoms with Crippen molar-refractivity contribution in [2.45, 2.75) is 425 Å². The molecule has 0 saturated carbocycles. The van der Waals surface area contributed by atoms with Crippen LogP contribution in [-0.4, -0.2) is 96.7 Å². The third kappa shape index (κ3) is 69.2. The van der Waals surface area contributed by atoms with Crippen molar-refractivity contribution in [2.24, 2.45) is 5.92 Å². The number of phosphoric acid groups is 2. The van der Waals surface area contributed by atoms with E-state index in [-0.39, 0.29) is 25.7 Å². The number of rotatable bonds is 77. The molecule has 0 heterocycles. The van der Waals surface area contributed by atoms with E-state index in [0.717, 1.165) is 95.8 Å². The van der Waals surface area contributed by atoms with Gasteiger partial charge in [0, 0.05) is 25.7 Å². The molecule has 96 heavy (non-hydrogen) atoms. The summed E-state index contributed by atoms with van der Waals surface area (Å²) in [5.74, 6) is -1.34. The molecule has 0 bridgehead atoms. The molecule has 0 saturated heterocycles. The molecule has 570 valence electrons. The predicted octanol–water partition coefficient (Wildman–Crippen LogP) is 22.9. The lowest BCUT2D eigenvalue weighted by molar-refractivity contribution is -0.161. The number of hydrogen-bond donors (Lipinski definition) is 3. The van der Waals surface area contributed by atoms with Crippen molar-refractivity contribution < 1.29 is 80.2 Å². The largest absolute Gasteiger partial charge is 0.472 e. The van der Waals surface area contributed by atoms with Crippen LogP contribution < -0.4 is 0 Å². The highest BCUT2D eigenvalue weighted by atomic mass is 31.2. The van der Waals surface area contributed by atoms with Gasteiger partial charge in [-0.2, -0.15) is 0 Å². The van der Waals surface area contributed by atoms with Gasteiger partial charge in [-0.15, -0.1) is 0 Å². The number of unbranched alkanes of at least 4 members (excludes halogenated alkanes) is 48. The summed E-state index contributed by atoms with van der Waals surface area (Å²) in [4.78, 5) is 72.8. The highest BCUT2D eigenvalue weighted by Crippen LogP contribution is 2.45. The maximum Gasteiger partial charge on any atom is 0.472 e. The van der Waals surface area contributed by atoms with Crippen molar-refractivity contribution in [1.29, 1.82) is 0 Å². The van der Waals surface area contributed by atoms with Crippen molar-refractivity contribution in [2.75, 3.05) is 39.6 Å². The highest BCUT2D eigenvalue weighted by Gasteiger charge is 2.30. The maximum atomic E-state index is 13.1. The first kappa shape index (κ1) is 94.1. The van der Waals surface area contributed by atoms with Crippen LogP contribution in [0.1, 0.15) is 407 Å². The molecule has 0 aliphatic heterocycles. The average molecular weight is 1410 g/mol. The zero-order chi connectivity index (χ0) is 70.5. The van der Waals surface area contributed by atoms with Gasteiger partial charge < -0.3 is 33.8 Å². The summed E-state index contributed by atoms with van der Waals surface area (Å²) in [5, 5.41) is 10.6. The number of hydrogen-bond acceptors (Lipinski definition) is 15. The van der Waals surface area contributed by atoms with Gasteiger partial charge in [0.1, 0.15) is 19.3 Å². The first-order valence-electron chi connectivity index (χ1n) is 40.2. The first-order valence-corrected chi connectivity index (χ1v) is 43.2. The highest BCUT2D eigenvalue weighted by molar-refractivity contribution is 7.47. The molecule has 0 fully saturated rings. The summed E-state index contributed by atoms with van der Waals surface area (Å²) in [7, 11) is -9.91. The lowest BCUT2D eigenvalue weighted by Gasteiger charge is -2.21. The summed E-state index contributed by atoms with van der Waals surface area (Å²) in [6, 6.07) is 0. The molecule has 0 amide bonds. The lowest BCUT2D eigenvalue weighted by Crippen LogP contribution is -2.30. The molecule has 0 radical (unpaired) electrons. The second-order valence-corrected chi connectivity index (χ2v) is 30.9. The van der Waals surface area contributed by atoms with Gasteiger partial charge in [0.05, 0.1) is 26.4 Å². The monoisotopic (exact) mass is 1410 g/mol. The van der Waals surface area contributed by atoms with Gasteiger partial charge in [-0.3, -0.25) is 37.3 Å². The van der Waals surface area contributed by atoms with Crippen LogP contribution in [0.2, 0.25) is 0 Å². The molecule has 17 nitrogen and oxygen atoms in total. The van der Waals surface area contributed by atoms with Crippen molar-refractivity contribution >= 4 is 39.5 Å². The lowest BCUT2D eigenvalue weighted by atomic mass is 9.99. The molecule has 0 spiro atoms. The molecule has 0 aromatic rings. The molecule has 0 aromatic heterocycles. The molecule has 0 aliphatic rings. The third-order valence-electron chi connectivity index (χ3n) is 18.4. The molecule has 3 unspecified atom stereocenters. The number of esters is 4. The fourth-order valence-corrected chi connectivity index (χ4v) is 13.4. The van der Waals surface area contributed by atoms with Crippen LogP contribution in [0.4, 0.5) is 0 Å². The van der Waals surface area contributed by atoms with E-state index >= 15 is 0 Å². The fraction of sp³-hybridized carbons (Fsp3) is 0.948.